The number of aromatic nitrogens is 4. The normalized spacial score (nSPS) is 11.2. The quantitative estimate of drug-likeness (QED) is 0.348. The highest BCUT2D eigenvalue weighted by atomic mass is 32.2. The maximum Gasteiger partial charge on any atom is 0.243 e. The molecule has 0 unspecified atom stereocenters. The molecule has 0 saturated heterocycles. The summed E-state index contributed by atoms with van der Waals surface area (Å²) in [6, 6.07) is 10.7. The molecule has 2 heterocycles. The summed E-state index contributed by atoms with van der Waals surface area (Å²) < 4.78 is 54.5. The van der Waals surface area contributed by atoms with Gasteiger partial charge in [-0.3, -0.25) is 9.29 Å². The molecule has 0 fully saturated rings. The topological polar surface area (TPSA) is 132 Å². The summed E-state index contributed by atoms with van der Waals surface area (Å²) in [6.07, 6.45) is -0.0111. The fraction of sp³-hybridized carbons (Fsp3) is 0.217. The number of rotatable bonds is 9. The summed E-state index contributed by atoms with van der Waals surface area (Å²) in [5.74, 6) is 0.0256. The SMILES string of the molecule is COc1cccc(OC)c1-n1c(NS(=O)(=O)CCc2ccc(F)cc2C#N)nnc1-c1csc(C)n1. The van der Waals surface area contributed by atoms with Crippen molar-refractivity contribution in [1.82, 2.24) is 19.7 Å². The van der Waals surface area contributed by atoms with Gasteiger partial charge in [0.15, 0.2) is 5.82 Å². The highest BCUT2D eigenvalue weighted by Gasteiger charge is 2.26. The number of nitriles is 1. The zero-order valence-corrected chi connectivity index (χ0v) is 21.2. The maximum absolute atomic E-state index is 13.4. The van der Waals surface area contributed by atoms with Crippen LogP contribution < -0.4 is 14.2 Å². The predicted octanol–water partition coefficient (Wildman–Crippen LogP) is 3.71. The molecule has 0 radical (unpaired) electrons. The second-order valence-electron chi connectivity index (χ2n) is 7.53. The lowest BCUT2D eigenvalue weighted by Crippen LogP contribution is -2.21. The molecule has 0 aliphatic carbocycles. The molecule has 0 atom stereocenters. The third kappa shape index (κ3) is 5.14. The Hall–Kier alpha value is -4.02. The van der Waals surface area contributed by atoms with Gasteiger partial charge in [0.05, 0.1) is 36.6 Å². The van der Waals surface area contributed by atoms with Gasteiger partial charge in [0, 0.05) is 5.38 Å². The van der Waals surface area contributed by atoms with Crippen LogP contribution in [0.1, 0.15) is 16.1 Å². The van der Waals surface area contributed by atoms with Crippen molar-refractivity contribution < 1.29 is 22.3 Å². The Kier molecular flexibility index (Phi) is 7.18. The van der Waals surface area contributed by atoms with Gasteiger partial charge in [-0.25, -0.2) is 17.8 Å². The van der Waals surface area contributed by atoms with E-state index in [-0.39, 0.29) is 29.5 Å². The molecule has 13 heteroatoms. The third-order valence-electron chi connectivity index (χ3n) is 5.22. The number of benzene rings is 2. The van der Waals surface area contributed by atoms with Crippen LogP contribution in [0, 0.1) is 24.1 Å². The largest absolute Gasteiger partial charge is 0.494 e. The van der Waals surface area contributed by atoms with Gasteiger partial charge < -0.3 is 9.47 Å². The number of ether oxygens (including phenoxy) is 2. The number of methoxy groups -OCH3 is 2. The molecule has 0 spiro atoms. The predicted molar refractivity (Wildman–Crippen MR) is 133 cm³/mol. The molecular formula is C23H21FN6O4S2. The lowest BCUT2D eigenvalue weighted by atomic mass is 10.1. The van der Waals surface area contributed by atoms with Crippen LogP contribution in [0.4, 0.5) is 10.3 Å². The van der Waals surface area contributed by atoms with E-state index in [1.165, 1.54) is 42.3 Å². The summed E-state index contributed by atoms with van der Waals surface area (Å²) in [7, 11) is -1.02. The molecule has 2 aromatic heterocycles. The number of nitrogens with one attached hydrogen (secondary N) is 1. The van der Waals surface area contributed by atoms with Gasteiger partial charge in [0.2, 0.25) is 16.0 Å². The van der Waals surface area contributed by atoms with E-state index in [1.54, 1.807) is 23.6 Å². The number of hydrogen-bond donors (Lipinski definition) is 1. The first-order valence-corrected chi connectivity index (χ1v) is 13.1. The lowest BCUT2D eigenvalue weighted by molar-refractivity contribution is 0.391. The average Bonchev–Trinajstić information content (AvgIpc) is 3.47. The first-order valence-electron chi connectivity index (χ1n) is 10.5. The van der Waals surface area contributed by atoms with Crippen molar-refractivity contribution >= 4 is 27.3 Å². The third-order valence-corrected chi connectivity index (χ3v) is 7.22. The lowest BCUT2D eigenvalue weighted by Gasteiger charge is -2.17. The highest BCUT2D eigenvalue weighted by Crippen LogP contribution is 2.37. The van der Waals surface area contributed by atoms with Crippen LogP contribution in [0.5, 0.6) is 11.5 Å². The Morgan fingerprint density at radius 3 is 2.50 bits per heavy atom. The van der Waals surface area contributed by atoms with Gasteiger partial charge in [-0.05, 0) is 43.2 Å². The van der Waals surface area contributed by atoms with E-state index < -0.39 is 15.8 Å². The number of thiazole rings is 1. The molecule has 186 valence electrons. The van der Waals surface area contributed by atoms with E-state index in [1.807, 2.05) is 13.0 Å². The number of anilines is 1. The number of halogens is 1. The van der Waals surface area contributed by atoms with Crippen molar-refractivity contribution in [3.63, 3.8) is 0 Å². The van der Waals surface area contributed by atoms with E-state index in [4.69, 9.17) is 9.47 Å². The molecule has 10 nitrogen and oxygen atoms in total. The highest BCUT2D eigenvalue weighted by molar-refractivity contribution is 7.92. The summed E-state index contributed by atoms with van der Waals surface area (Å²) in [4.78, 5) is 4.47. The number of sulfonamides is 1. The fourth-order valence-corrected chi connectivity index (χ4v) is 5.14. The first kappa shape index (κ1) is 25.1. The molecule has 0 aliphatic rings. The van der Waals surface area contributed by atoms with Crippen LogP contribution in [0.2, 0.25) is 0 Å². The van der Waals surface area contributed by atoms with Crippen LogP contribution in [0.3, 0.4) is 0 Å². The van der Waals surface area contributed by atoms with Gasteiger partial charge in [0.1, 0.15) is 28.7 Å². The fourth-order valence-electron chi connectivity index (χ4n) is 3.55. The summed E-state index contributed by atoms with van der Waals surface area (Å²) in [6.45, 7) is 1.84. The van der Waals surface area contributed by atoms with Crippen molar-refractivity contribution in [3.05, 3.63) is 63.7 Å². The monoisotopic (exact) mass is 528 g/mol. The minimum absolute atomic E-state index is 0.0111. The number of para-hydroxylation sites is 1. The molecule has 1 N–H and O–H groups in total. The average molecular weight is 529 g/mol. The second kappa shape index (κ2) is 10.3. The van der Waals surface area contributed by atoms with Crippen LogP contribution >= 0.6 is 11.3 Å². The maximum atomic E-state index is 13.4. The molecule has 36 heavy (non-hydrogen) atoms. The Morgan fingerprint density at radius 2 is 1.89 bits per heavy atom. The summed E-state index contributed by atoms with van der Waals surface area (Å²) in [5.41, 5.74) is 1.37. The second-order valence-corrected chi connectivity index (χ2v) is 10.4. The van der Waals surface area contributed by atoms with Gasteiger partial charge in [-0.2, -0.15) is 5.26 Å². The minimum Gasteiger partial charge on any atom is -0.494 e. The van der Waals surface area contributed by atoms with Gasteiger partial charge >= 0.3 is 0 Å². The van der Waals surface area contributed by atoms with Crippen LogP contribution in [0.15, 0.2) is 41.8 Å². The zero-order valence-electron chi connectivity index (χ0n) is 19.5. The van der Waals surface area contributed by atoms with Crippen molar-refractivity contribution in [3.8, 4) is 34.8 Å². The van der Waals surface area contributed by atoms with Gasteiger partial charge in [-0.15, -0.1) is 21.5 Å². The zero-order chi connectivity index (χ0) is 25.9. The number of hydrogen-bond acceptors (Lipinski definition) is 9. The summed E-state index contributed by atoms with van der Waals surface area (Å²) >= 11 is 1.41. The Morgan fingerprint density at radius 1 is 1.17 bits per heavy atom. The Labute approximate surface area is 211 Å². The smallest absolute Gasteiger partial charge is 0.243 e. The van der Waals surface area contributed by atoms with Crippen molar-refractivity contribution in [2.75, 3.05) is 24.7 Å². The molecule has 0 amide bonds. The van der Waals surface area contributed by atoms with Gasteiger partial charge in [-0.1, -0.05) is 12.1 Å². The molecular weight excluding hydrogens is 507 g/mol. The number of aryl methyl sites for hydroxylation is 2. The minimum atomic E-state index is -3.98. The van der Waals surface area contributed by atoms with E-state index in [0.717, 1.165) is 11.1 Å². The Balaban J connectivity index is 1.75. The molecule has 4 rings (SSSR count). The van der Waals surface area contributed by atoms with Crippen molar-refractivity contribution in [2.24, 2.45) is 0 Å². The van der Waals surface area contributed by atoms with E-state index in [0.29, 0.717) is 28.4 Å². The summed E-state index contributed by atoms with van der Waals surface area (Å²) in [5, 5.41) is 20.1. The van der Waals surface area contributed by atoms with Gasteiger partial charge in [0.25, 0.3) is 0 Å². The van der Waals surface area contributed by atoms with Crippen LogP contribution in [-0.4, -0.2) is 48.1 Å². The van der Waals surface area contributed by atoms with Crippen LogP contribution in [0.25, 0.3) is 17.2 Å². The first-order chi connectivity index (χ1) is 17.3. The molecule has 0 bridgehead atoms. The molecule has 2 aromatic carbocycles. The Bertz CT molecular complexity index is 1540. The van der Waals surface area contributed by atoms with E-state index in [2.05, 4.69) is 19.9 Å². The van der Waals surface area contributed by atoms with Crippen molar-refractivity contribution in [2.45, 2.75) is 13.3 Å². The van der Waals surface area contributed by atoms with Crippen molar-refractivity contribution in [1.29, 1.82) is 5.26 Å². The van der Waals surface area contributed by atoms with E-state index in [9.17, 15) is 18.1 Å². The number of nitrogens with zero attached hydrogens (tertiary/aromatic N) is 5. The molecule has 4 aromatic rings. The molecule has 0 aliphatic heterocycles. The standard InChI is InChI=1S/C23H21FN6O4S2/c1-14-26-18(13-35-14)22-27-28-23(30(22)21-19(33-2)5-4-6-20(21)34-3)29-36(31,32)10-9-15-7-8-17(24)11-16(15)12-25/h4-8,11,13H,9-10H2,1-3H3,(H,28,29). The molecule has 0 saturated carbocycles. The van der Waals surface area contributed by atoms with Crippen LogP contribution in [-0.2, 0) is 16.4 Å². The van der Waals surface area contributed by atoms with E-state index >= 15 is 0 Å².